The number of phenols is 1. The summed E-state index contributed by atoms with van der Waals surface area (Å²) in [6.07, 6.45) is 5.89. The lowest BCUT2D eigenvalue weighted by Crippen LogP contribution is -2.19. The Morgan fingerprint density at radius 3 is 2.79 bits per heavy atom. The summed E-state index contributed by atoms with van der Waals surface area (Å²) in [7, 11) is 0. The van der Waals surface area contributed by atoms with Gasteiger partial charge in [0.25, 0.3) is 0 Å². The molecule has 4 aromatic rings. The normalized spacial score (nSPS) is 15.7. The predicted molar refractivity (Wildman–Crippen MR) is 130 cm³/mol. The van der Waals surface area contributed by atoms with Crippen LogP contribution in [0.15, 0.2) is 47.1 Å². The van der Waals surface area contributed by atoms with E-state index in [0.29, 0.717) is 41.6 Å². The highest BCUT2D eigenvalue weighted by Crippen LogP contribution is 2.34. The molecule has 0 spiro atoms. The first-order valence-corrected chi connectivity index (χ1v) is 11.7. The highest BCUT2D eigenvalue weighted by molar-refractivity contribution is 6.33. The lowest BCUT2D eigenvalue weighted by Gasteiger charge is -2.25. The number of nitrogens with one attached hydrogen (secondary N) is 1. The van der Waals surface area contributed by atoms with Crippen molar-refractivity contribution in [1.29, 1.82) is 0 Å². The minimum atomic E-state index is -0.198. The second-order valence-electron chi connectivity index (χ2n) is 7.99. The van der Waals surface area contributed by atoms with Crippen LogP contribution >= 0.6 is 11.6 Å². The van der Waals surface area contributed by atoms with Crippen LogP contribution in [0, 0.1) is 11.8 Å². The Balaban J connectivity index is 1.35. The lowest BCUT2D eigenvalue weighted by molar-refractivity contribution is -0.0289. The van der Waals surface area contributed by atoms with Gasteiger partial charge < -0.3 is 19.6 Å². The molecule has 0 aliphatic carbocycles. The smallest absolute Gasteiger partial charge is 0.208 e. The van der Waals surface area contributed by atoms with Crippen LogP contribution in [0.3, 0.4) is 0 Å². The van der Waals surface area contributed by atoms with Crippen LogP contribution in [0.4, 0.5) is 5.69 Å². The average molecular weight is 478 g/mol. The van der Waals surface area contributed by atoms with Gasteiger partial charge in [0, 0.05) is 25.3 Å². The number of aromatic nitrogens is 4. The molecule has 0 radical (unpaired) electrons. The number of ether oxygens (including phenoxy) is 1. The average Bonchev–Trinajstić information content (AvgIpc) is 3.51. The topological polar surface area (TPSA) is 98.2 Å². The van der Waals surface area contributed by atoms with Crippen molar-refractivity contribution in [2.45, 2.75) is 38.3 Å². The summed E-state index contributed by atoms with van der Waals surface area (Å²) in [6.45, 7) is 1.45. The molecule has 0 saturated carbocycles. The molecule has 1 fully saturated rings. The van der Waals surface area contributed by atoms with Crippen LogP contribution in [-0.4, -0.2) is 37.8 Å². The van der Waals surface area contributed by atoms with E-state index in [2.05, 4.69) is 32.1 Å². The lowest BCUT2D eigenvalue weighted by atomic mass is 10.2. The van der Waals surface area contributed by atoms with E-state index in [9.17, 15) is 5.11 Å². The molecule has 5 rings (SSSR count). The number of rotatable bonds is 6. The molecule has 1 aliphatic heterocycles. The van der Waals surface area contributed by atoms with Gasteiger partial charge in [-0.25, -0.2) is 15.0 Å². The highest BCUT2D eigenvalue weighted by atomic mass is 35.5. The number of nitrogens with zero attached hydrogens (tertiary/aromatic N) is 4. The molecule has 1 aliphatic rings. The van der Waals surface area contributed by atoms with E-state index in [0.717, 1.165) is 37.9 Å². The van der Waals surface area contributed by atoms with E-state index in [1.165, 1.54) is 0 Å². The van der Waals surface area contributed by atoms with Crippen LogP contribution in [0.2, 0.25) is 5.15 Å². The van der Waals surface area contributed by atoms with Gasteiger partial charge in [-0.15, -0.1) is 0 Å². The SMILES string of the molecule is Oc1ccc(NCCCC#Cc2nc(Cl)c3nc(-c4ccco4)n(C4CCCCO4)c3n2)cc1. The highest BCUT2D eigenvalue weighted by Gasteiger charge is 2.26. The zero-order valence-electron chi connectivity index (χ0n) is 18.5. The minimum Gasteiger partial charge on any atom is -0.508 e. The maximum atomic E-state index is 9.35. The van der Waals surface area contributed by atoms with Crippen LogP contribution in [0.1, 0.15) is 44.2 Å². The molecule has 1 unspecified atom stereocenters. The van der Waals surface area contributed by atoms with Crippen LogP contribution in [0.5, 0.6) is 5.75 Å². The van der Waals surface area contributed by atoms with Crippen molar-refractivity contribution < 1.29 is 14.3 Å². The Hall–Kier alpha value is -3.54. The van der Waals surface area contributed by atoms with E-state index >= 15 is 0 Å². The molecule has 0 amide bonds. The number of hydrogen-bond acceptors (Lipinski definition) is 7. The number of furan rings is 1. The van der Waals surface area contributed by atoms with Crippen molar-refractivity contribution in [2.24, 2.45) is 0 Å². The fraction of sp³-hybridized carbons (Fsp3) is 0.320. The first-order chi connectivity index (χ1) is 16.7. The van der Waals surface area contributed by atoms with Crippen molar-refractivity contribution in [2.75, 3.05) is 18.5 Å². The molecule has 4 heterocycles. The summed E-state index contributed by atoms with van der Waals surface area (Å²) in [5.74, 6) is 8.01. The molecule has 1 saturated heterocycles. The summed E-state index contributed by atoms with van der Waals surface area (Å²) in [4.78, 5) is 13.7. The fourth-order valence-electron chi connectivity index (χ4n) is 3.91. The van der Waals surface area contributed by atoms with Crippen LogP contribution in [0.25, 0.3) is 22.7 Å². The second kappa shape index (κ2) is 10.2. The van der Waals surface area contributed by atoms with Gasteiger partial charge in [-0.1, -0.05) is 17.5 Å². The van der Waals surface area contributed by atoms with Crippen molar-refractivity contribution in [3.8, 4) is 29.2 Å². The van der Waals surface area contributed by atoms with Crippen LogP contribution in [-0.2, 0) is 4.74 Å². The Bertz CT molecular complexity index is 1320. The van der Waals surface area contributed by atoms with Gasteiger partial charge >= 0.3 is 0 Å². The van der Waals surface area contributed by atoms with Gasteiger partial charge in [-0.2, -0.15) is 0 Å². The molecular weight excluding hydrogens is 454 g/mol. The molecule has 3 aromatic heterocycles. The molecule has 0 bridgehead atoms. The van der Waals surface area contributed by atoms with E-state index in [4.69, 9.17) is 20.8 Å². The number of imidazole rings is 1. The van der Waals surface area contributed by atoms with E-state index < -0.39 is 0 Å². The van der Waals surface area contributed by atoms with Crippen LogP contribution < -0.4 is 5.32 Å². The largest absolute Gasteiger partial charge is 0.508 e. The fourth-order valence-corrected chi connectivity index (χ4v) is 4.11. The van der Waals surface area contributed by atoms with Gasteiger partial charge in [-0.3, -0.25) is 4.57 Å². The van der Waals surface area contributed by atoms with Gasteiger partial charge in [0.05, 0.1) is 6.26 Å². The number of benzene rings is 1. The van der Waals surface area contributed by atoms with Gasteiger partial charge in [0.15, 0.2) is 22.4 Å². The first-order valence-electron chi connectivity index (χ1n) is 11.3. The van der Waals surface area contributed by atoms with E-state index in [1.807, 2.05) is 28.8 Å². The van der Waals surface area contributed by atoms with Crippen molar-refractivity contribution in [3.63, 3.8) is 0 Å². The monoisotopic (exact) mass is 477 g/mol. The number of aromatic hydroxyl groups is 1. The zero-order valence-corrected chi connectivity index (χ0v) is 19.3. The molecular formula is C25H24ClN5O3. The van der Waals surface area contributed by atoms with Crippen molar-refractivity contribution in [3.05, 3.63) is 53.6 Å². The van der Waals surface area contributed by atoms with E-state index in [1.54, 1.807) is 18.4 Å². The first kappa shape index (κ1) is 22.3. The van der Waals surface area contributed by atoms with Crippen molar-refractivity contribution >= 4 is 28.5 Å². The number of hydrogen-bond donors (Lipinski definition) is 2. The molecule has 34 heavy (non-hydrogen) atoms. The quantitative estimate of drug-likeness (QED) is 0.166. The number of phenolic OH excluding ortho intramolecular Hbond substituents is 1. The maximum Gasteiger partial charge on any atom is 0.208 e. The summed E-state index contributed by atoms with van der Waals surface area (Å²) in [6, 6.07) is 10.7. The molecule has 174 valence electrons. The minimum absolute atomic E-state index is 0.198. The van der Waals surface area contributed by atoms with Crippen molar-refractivity contribution in [1.82, 2.24) is 19.5 Å². The maximum absolute atomic E-state index is 9.35. The third kappa shape index (κ3) is 4.86. The Labute approximate surface area is 202 Å². The molecule has 1 aromatic carbocycles. The van der Waals surface area contributed by atoms with Gasteiger partial charge in [-0.05, 0) is 68.0 Å². The number of halogens is 1. The Morgan fingerprint density at radius 1 is 1.15 bits per heavy atom. The van der Waals surface area contributed by atoms with Gasteiger partial charge in [0.2, 0.25) is 5.82 Å². The third-order valence-corrected chi connectivity index (χ3v) is 5.82. The summed E-state index contributed by atoms with van der Waals surface area (Å²) < 4.78 is 13.6. The molecule has 1 atom stereocenters. The number of unbranched alkanes of at least 4 members (excludes halogenated alkanes) is 1. The van der Waals surface area contributed by atoms with E-state index in [-0.39, 0.29) is 17.1 Å². The molecule has 8 nitrogen and oxygen atoms in total. The molecule has 9 heteroatoms. The number of fused-ring (bicyclic) bond motifs is 1. The van der Waals surface area contributed by atoms with Gasteiger partial charge in [0.1, 0.15) is 17.5 Å². The standard InChI is InChI=1S/C25H24ClN5O3/c26-23-22-25(31(21-9-3-5-15-34-21)24(30-22)19-7-6-16-33-19)29-20(28-23)8-2-1-4-14-27-17-10-12-18(32)13-11-17/h6-7,10-13,16,21,27,32H,1,3-5,9,14-15H2. The second-order valence-corrected chi connectivity index (χ2v) is 8.35. The zero-order chi connectivity index (χ0) is 23.3. The Kier molecular flexibility index (Phi) is 6.65. The number of anilines is 1. The third-order valence-electron chi connectivity index (χ3n) is 5.56. The summed E-state index contributed by atoms with van der Waals surface area (Å²) >= 11 is 6.50. The molecule has 2 N–H and O–H groups in total. The Morgan fingerprint density at radius 2 is 2.03 bits per heavy atom. The summed E-state index contributed by atoms with van der Waals surface area (Å²) in [5.41, 5.74) is 2.05. The predicted octanol–water partition coefficient (Wildman–Crippen LogP) is 5.39. The summed E-state index contributed by atoms with van der Waals surface area (Å²) in [5, 5.41) is 12.9.